The average Bonchev–Trinajstić information content (AvgIpc) is 2.41. The summed E-state index contributed by atoms with van der Waals surface area (Å²) in [7, 11) is -4.45. The highest BCUT2D eigenvalue weighted by molar-refractivity contribution is 7.89. The van der Waals surface area contributed by atoms with Crippen molar-refractivity contribution in [3.8, 4) is 0 Å². The molecule has 0 atom stereocenters. The first-order chi connectivity index (χ1) is 9.87. The Balaban J connectivity index is 2.05. The largest absolute Gasteiger partial charge is 0.481 e. The van der Waals surface area contributed by atoms with Gasteiger partial charge in [-0.05, 0) is 30.5 Å². The summed E-state index contributed by atoms with van der Waals surface area (Å²) in [5, 5.41) is 8.68. The van der Waals surface area contributed by atoms with Crippen molar-refractivity contribution in [1.29, 1.82) is 0 Å². The Bertz CT molecular complexity index is 629. The summed E-state index contributed by atoms with van der Waals surface area (Å²) >= 11 is 0. The van der Waals surface area contributed by atoms with Crippen LogP contribution in [0.2, 0.25) is 0 Å². The molecule has 1 heterocycles. The normalized spacial score (nSPS) is 22.9. The Kier molecular flexibility index (Phi) is 5.13. The van der Waals surface area contributed by atoms with Gasteiger partial charge in [-0.1, -0.05) is 12.1 Å². The second kappa shape index (κ2) is 6.67. The number of carboxylic acids is 1. The number of hydrogen-bond donors (Lipinski definition) is 2. The van der Waals surface area contributed by atoms with E-state index in [0.717, 1.165) is 0 Å². The summed E-state index contributed by atoms with van der Waals surface area (Å²) in [6, 6.07) is 5.62. The Morgan fingerprint density at radius 1 is 1.24 bits per heavy atom. The molecule has 0 aromatic heterocycles. The molecule has 0 unspecified atom stereocenters. The maximum absolute atomic E-state index is 12.2. The average molecular weight is 331 g/mol. The summed E-state index contributed by atoms with van der Waals surface area (Å²) < 4.78 is 38.3. The molecule has 6 nitrogen and oxygen atoms in total. The molecule has 2 N–H and O–H groups in total. The van der Waals surface area contributed by atoms with Gasteiger partial charge in [0.25, 0.3) is 0 Å². The summed E-state index contributed by atoms with van der Waals surface area (Å²) in [6.45, 7) is 0. The molecule has 1 aromatic rings. The Morgan fingerprint density at radius 2 is 1.81 bits per heavy atom. The molecule has 0 spiro atoms. The molecule has 8 heteroatoms. The van der Waals surface area contributed by atoms with Gasteiger partial charge in [0.1, 0.15) is 0 Å². The third-order valence-electron chi connectivity index (χ3n) is 3.30. The van der Waals surface area contributed by atoms with Gasteiger partial charge in [0.15, 0.2) is 0 Å². The lowest BCUT2D eigenvalue weighted by molar-refractivity contribution is -0.136. The van der Waals surface area contributed by atoms with E-state index >= 15 is 0 Å². The van der Waals surface area contributed by atoms with Crippen LogP contribution in [0.3, 0.4) is 0 Å². The molecule has 21 heavy (non-hydrogen) atoms. The minimum atomic E-state index is -3.62. The summed E-state index contributed by atoms with van der Waals surface area (Å²) in [5.74, 6) is 0.0779. The van der Waals surface area contributed by atoms with Crippen LogP contribution >= 0.6 is 0 Å². The van der Waals surface area contributed by atoms with Crippen molar-refractivity contribution in [1.82, 2.24) is 4.72 Å². The van der Waals surface area contributed by atoms with Gasteiger partial charge in [-0.3, -0.25) is 9.00 Å². The maximum atomic E-state index is 12.2. The monoisotopic (exact) mass is 331 g/mol. The topological polar surface area (TPSA) is 101 Å². The third kappa shape index (κ3) is 4.62. The molecule has 0 saturated carbocycles. The van der Waals surface area contributed by atoms with Crippen molar-refractivity contribution in [2.45, 2.75) is 30.2 Å². The molecule has 116 valence electrons. The van der Waals surface area contributed by atoms with E-state index in [0.29, 0.717) is 29.9 Å². The summed E-state index contributed by atoms with van der Waals surface area (Å²) in [6.07, 6.45) is 1.01. The lowest BCUT2D eigenvalue weighted by Crippen LogP contribution is -2.39. The molecule has 0 aliphatic carbocycles. The van der Waals surface area contributed by atoms with Crippen molar-refractivity contribution in [2.75, 3.05) is 11.5 Å². The first kappa shape index (κ1) is 16.1. The third-order valence-corrected chi connectivity index (χ3v) is 6.22. The number of aliphatic carboxylic acids is 1. The van der Waals surface area contributed by atoms with Crippen LogP contribution in [0.4, 0.5) is 0 Å². The van der Waals surface area contributed by atoms with Gasteiger partial charge in [-0.25, -0.2) is 13.1 Å². The number of hydrogen-bond acceptors (Lipinski definition) is 4. The minimum absolute atomic E-state index is 0.114. The Labute approximate surface area is 126 Å². The second-order valence-electron chi connectivity index (χ2n) is 4.96. The van der Waals surface area contributed by atoms with Crippen molar-refractivity contribution in [3.63, 3.8) is 0 Å². The van der Waals surface area contributed by atoms with Gasteiger partial charge in [-0.2, -0.15) is 0 Å². The van der Waals surface area contributed by atoms with E-state index in [4.69, 9.17) is 5.11 Å². The second-order valence-corrected chi connectivity index (χ2v) is 8.37. The smallest absolute Gasteiger partial charge is 0.307 e. The van der Waals surface area contributed by atoms with Crippen LogP contribution in [0.5, 0.6) is 0 Å². The molecule has 1 aliphatic heterocycles. The van der Waals surface area contributed by atoms with Gasteiger partial charge >= 0.3 is 5.97 Å². The maximum Gasteiger partial charge on any atom is 0.307 e. The number of sulfonamides is 1. The van der Waals surface area contributed by atoms with E-state index in [1.165, 1.54) is 24.3 Å². The summed E-state index contributed by atoms with van der Waals surface area (Å²) in [5.41, 5.74) is 0.550. The number of rotatable bonds is 5. The molecular formula is C13H17NO5S2. The van der Waals surface area contributed by atoms with Crippen molar-refractivity contribution in [2.24, 2.45) is 0 Å². The quantitative estimate of drug-likeness (QED) is 0.818. The predicted octanol–water partition coefficient (Wildman–Crippen LogP) is 0.503. The lowest BCUT2D eigenvalue weighted by atomic mass is 10.2. The standard InChI is InChI=1S/C13H17NO5S2/c15-13(16)9-10-1-3-12(4-2-10)21(18,19)14-11-5-7-20(17)8-6-11/h1-4,11,14H,5-9H2,(H,15,16). The van der Waals surface area contributed by atoms with Crippen molar-refractivity contribution < 1.29 is 22.5 Å². The SMILES string of the molecule is O=C(O)Cc1ccc(S(=O)(=O)NC2CCS(=O)CC2)cc1. The van der Waals surface area contributed by atoms with E-state index in [2.05, 4.69) is 4.72 Å². The van der Waals surface area contributed by atoms with Crippen molar-refractivity contribution in [3.05, 3.63) is 29.8 Å². The predicted molar refractivity (Wildman–Crippen MR) is 79.0 cm³/mol. The molecule has 0 bridgehead atoms. The number of nitrogens with one attached hydrogen (secondary N) is 1. The van der Waals surface area contributed by atoms with E-state index in [9.17, 15) is 17.4 Å². The molecule has 2 rings (SSSR count). The van der Waals surface area contributed by atoms with E-state index < -0.39 is 26.8 Å². The molecule has 1 fully saturated rings. The van der Waals surface area contributed by atoms with E-state index in [-0.39, 0.29) is 17.4 Å². The van der Waals surface area contributed by atoms with Gasteiger partial charge < -0.3 is 5.11 Å². The first-order valence-corrected chi connectivity index (χ1v) is 9.52. The van der Waals surface area contributed by atoms with E-state index in [1.54, 1.807) is 0 Å². The van der Waals surface area contributed by atoms with Crippen LogP contribution in [-0.4, -0.2) is 41.3 Å². The van der Waals surface area contributed by atoms with Gasteiger partial charge in [0.05, 0.1) is 11.3 Å². The molecule has 1 aliphatic rings. The highest BCUT2D eigenvalue weighted by Gasteiger charge is 2.24. The van der Waals surface area contributed by atoms with Gasteiger partial charge in [0, 0.05) is 28.3 Å². The molecule has 1 aromatic carbocycles. The fourth-order valence-electron chi connectivity index (χ4n) is 2.16. The minimum Gasteiger partial charge on any atom is -0.481 e. The van der Waals surface area contributed by atoms with Crippen LogP contribution in [0.1, 0.15) is 18.4 Å². The Hall–Kier alpha value is -1.25. The molecule has 0 radical (unpaired) electrons. The number of benzene rings is 1. The van der Waals surface area contributed by atoms with E-state index in [1.807, 2.05) is 0 Å². The van der Waals surface area contributed by atoms with Crippen LogP contribution in [0.15, 0.2) is 29.2 Å². The lowest BCUT2D eigenvalue weighted by Gasteiger charge is -2.22. The number of carboxylic acid groups (broad SMARTS) is 1. The first-order valence-electron chi connectivity index (χ1n) is 6.55. The number of carbonyl (C=O) groups is 1. The van der Waals surface area contributed by atoms with Crippen molar-refractivity contribution >= 4 is 26.8 Å². The van der Waals surface area contributed by atoms with Gasteiger partial charge in [-0.15, -0.1) is 0 Å². The zero-order chi connectivity index (χ0) is 15.5. The van der Waals surface area contributed by atoms with Crippen LogP contribution in [0, 0.1) is 0 Å². The zero-order valence-electron chi connectivity index (χ0n) is 11.3. The molecular weight excluding hydrogens is 314 g/mol. The molecule has 1 saturated heterocycles. The van der Waals surface area contributed by atoms with Crippen LogP contribution in [-0.2, 0) is 32.0 Å². The molecule has 0 amide bonds. The Morgan fingerprint density at radius 3 is 2.33 bits per heavy atom. The fourth-order valence-corrected chi connectivity index (χ4v) is 4.76. The highest BCUT2D eigenvalue weighted by atomic mass is 32.2. The zero-order valence-corrected chi connectivity index (χ0v) is 13.0. The van der Waals surface area contributed by atoms with Crippen LogP contribution in [0.25, 0.3) is 0 Å². The highest BCUT2D eigenvalue weighted by Crippen LogP contribution is 2.15. The fraction of sp³-hybridized carbons (Fsp3) is 0.462. The van der Waals surface area contributed by atoms with Gasteiger partial charge in [0.2, 0.25) is 10.0 Å². The van der Waals surface area contributed by atoms with Crippen LogP contribution < -0.4 is 4.72 Å². The summed E-state index contributed by atoms with van der Waals surface area (Å²) in [4.78, 5) is 10.7.